The molecule has 0 atom stereocenters. The third kappa shape index (κ3) is 5.33. The van der Waals surface area contributed by atoms with Crippen molar-refractivity contribution in [3.05, 3.63) is 11.6 Å². The van der Waals surface area contributed by atoms with E-state index in [0.29, 0.717) is 0 Å². The fourth-order valence-electron chi connectivity index (χ4n) is 0.246. The minimum absolute atomic E-state index is 0.0140. The van der Waals surface area contributed by atoms with Crippen LogP contribution in [0.25, 0.3) is 0 Å². The van der Waals surface area contributed by atoms with Crippen molar-refractivity contribution in [2.45, 2.75) is 0 Å². The molecular formula is C5H7ClO3. The smallest absolute Gasteiger partial charge is 0.331 e. The maximum atomic E-state index is 10.3. The molecule has 0 aliphatic rings. The Hall–Kier alpha value is -0.540. The average molecular weight is 151 g/mol. The number of aliphatic hydroxyl groups excluding tert-OH is 1. The summed E-state index contributed by atoms with van der Waals surface area (Å²) in [6.07, 6.45) is 1.07. The molecule has 0 fully saturated rings. The van der Waals surface area contributed by atoms with Crippen LogP contribution in [-0.4, -0.2) is 24.3 Å². The number of hydrogen-bond donors (Lipinski definition) is 1. The molecule has 52 valence electrons. The van der Waals surface area contributed by atoms with Crippen LogP contribution in [0.3, 0.4) is 0 Å². The third-order valence-electron chi connectivity index (χ3n) is 0.535. The van der Waals surface area contributed by atoms with Crippen LogP contribution in [0, 0.1) is 0 Å². The van der Waals surface area contributed by atoms with Gasteiger partial charge in [-0.15, -0.1) is 0 Å². The molecule has 0 heterocycles. The zero-order valence-electron chi connectivity index (χ0n) is 4.71. The Labute approximate surface area is 57.9 Å². The van der Waals surface area contributed by atoms with Gasteiger partial charge < -0.3 is 9.84 Å². The molecule has 0 rings (SSSR count). The molecule has 0 spiro atoms. The van der Waals surface area contributed by atoms with E-state index in [9.17, 15) is 4.79 Å². The van der Waals surface area contributed by atoms with Gasteiger partial charge in [0.15, 0.2) is 0 Å². The van der Waals surface area contributed by atoms with Gasteiger partial charge in [0.2, 0.25) is 0 Å². The molecule has 0 aliphatic carbocycles. The molecule has 0 aliphatic heterocycles. The first-order chi connectivity index (χ1) is 4.31. The summed E-state index contributed by atoms with van der Waals surface area (Å²) in [7, 11) is 0. The van der Waals surface area contributed by atoms with E-state index in [2.05, 4.69) is 4.74 Å². The predicted molar refractivity (Wildman–Crippen MR) is 33.0 cm³/mol. The summed E-state index contributed by atoms with van der Waals surface area (Å²) in [6, 6.07) is 0. The van der Waals surface area contributed by atoms with E-state index in [-0.39, 0.29) is 13.2 Å². The maximum absolute atomic E-state index is 10.3. The molecule has 0 bridgehead atoms. The van der Waals surface area contributed by atoms with E-state index >= 15 is 0 Å². The predicted octanol–water partition coefficient (Wildman–Crippen LogP) is 0.274. The number of halogens is 1. The van der Waals surface area contributed by atoms with E-state index in [0.717, 1.165) is 11.6 Å². The molecule has 0 saturated carbocycles. The summed E-state index contributed by atoms with van der Waals surface area (Å²) in [6.45, 7) is -0.151. The van der Waals surface area contributed by atoms with Gasteiger partial charge in [0.25, 0.3) is 0 Å². The van der Waals surface area contributed by atoms with Gasteiger partial charge in [0, 0.05) is 11.6 Å². The quantitative estimate of drug-likeness (QED) is 0.464. The van der Waals surface area contributed by atoms with Gasteiger partial charge in [-0.25, -0.2) is 4.79 Å². The topological polar surface area (TPSA) is 46.5 Å². The Bertz CT molecular complexity index is 111. The second-order valence-electron chi connectivity index (χ2n) is 1.18. The average Bonchev–Trinajstić information content (AvgIpc) is 1.85. The summed E-state index contributed by atoms with van der Waals surface area (Å²) >= 11 is 5.03. The van der Waals surface area contributed by atoms with Crippen molar-refractivity contribution in [2.24, 2.45) is 0 Å². The molecule has 0 aromatic rings. The molecule has 9 heavy (non-hydrogen) atoms. The first-order valence-electron chi connectivity index (χ1n) is 2.35. The normalized spacial score (nSPS) is 10.0. The monoisotopic (exact) mass is 150 g/mol. The van der Waals surface area contributed by atoms with Crippen molar-refractivity contribution < 1.29 is 14.6 Å². The minimum Gasteiger partial charge on any atom is -0.460 e. The highest BCUT2D eigenvalue weighted by Crippen LogP contribution is 1.82. The summed E-state index contributed by atoms with van der Waals surface area (Å²) in [5.74, 6) is -0.543. The van der Waals surface area contributed by atoms with Crippen LogP contribution >= 0.6 is 11.6 Å². The SMILES string of the molecule is O=C(C=CCl)OCCO. The van der Waals surface area contributed by atoms with Crippen LogP contribution in [0.1, 0.15) is 0 Å². The fraction of sp³-hybridized carbons (Fsp3) is 0.400. The minimum atomic E-state index is -0.543. The number of carbonyl (C=O) groups is 1. The molecule has 0 saturated heterocycles. The second kappa shape index (κ2) is 5.59. The van der Waals surface area contributed by atoms with Crippen molar-refractivity contribution >= 4 is 17.6 Å². The van der Waals surface area contributed by atoms with Gasteiger partial charge >= 0.3 is 5.97 Å². The summed E-state index contributed by atoms with van der Waals surface area (Å²) < 4.78 is 4.37. The number of ether oxygens (including phenoxy) is 1. The van der Waals surface area contributed by atoms with Gasteiger partial charge in [-0.05, 0) is 0 Å². The van der Waals surface area contributed by atoms with E-state index in [4.69, 9.17) is 16.7 Å². The Morgan fingerprint density at radius 3 is 2.89 bits per heavy atom. The second-order valence-corrected chi connectivity index (χ2v) is 1.44. The van der Waals surface area contributed by atoms with E-state index in [1.54, 1.807) is 0 Å². The number of rotatable bonds is 3. The highest BCUT2D eigenvalue weighted by atomic mass is 35.5. The van der Waals surface area contributed by atoms with Crippen LogP contribution in [-0.2, 0) is 9.53 Å². The van der Waals surface area contributed by atoms with Crippen LogP contribution in [0.5, 0.6) is 0 Å². The lowest BCUT2D eigenvalue weighted by Gasteiger charge is -1.94. The molecule has 0 radical (unpaired) electrons. The van der Waals surface area contributed by atoms with Crippen LogP contribution < -0.4 is 0 Å². The van der Waals surface area contributed by atoms with Gasteiger partial charge in [0.05, 0.1) is 6.61 Å². The molecule has 0 unspecified atom stereocenters. The maximum Gasteiger partial charge on any atom is 0.331 e. The first-order valence-corrected chi connectivity index (χ1v) is 2.79. The van der Waals surface area contributed by atoms with Crippen LogP contribution in [0.2, 0.25) is 0 Å². The van der Waals surface area contributed by atoms with Gasteiger partial charge in [0.1, 0.15) is 6.61 Å². The fourth-order valence-corrected chi connectivity index (χ4v) is 0.349. The Morgan fingerprint density at radius 1 is 1.78 bits per heavy atom. The summed E-state index contributed by atoms with van der Waals surface area (Å²) in [5.41, 5.74) is 1.06. The first kappa shape index (κ1) is 8.46. The third-order valence-corrected chi connectivity index (χ3v) is 0.661. The van der Waals surface area contributed by atoms with Gasteiger partial charge in [-0.1, -0.05) is 11.6 Å². The van der Waals surface area contributed by atoms with Crippen molar-refractivity contribution in [3.8, 4) is 0 Å². The highest BCUT2D eigenvalue weighted by molar-refractivity contribution is 6.26. The number of esters is 1. The van der Waals surface area contributed by atoms with Crippen LogP contribution in [0.4, 0.5) is 0 Å². The summed E-state index contributed by atoms with van der Waals surface area (Å²) in [5, 5.41) is 8.15. The molecule has 4 heteroatoms. The molecular weight excluding hydrogens is 144 g/mol. The Balaban J connectivity index is 3.27. The molecule has 0 amide bonds. The van der Waals surface area contributed by atoms with E-state index < -0.39 is 5.97 Å². The van der Waals surface area contributed by atoms with E-state index in [1.165, 1.54) is 0 Å². The molecule has 0 aromatic carbocycles. The number of hydrogen-bond acceptors (Lipinski definition) is 3. The van der Waals surface area contributed by atoms with E-state index in [1.807, 2.05) is 0 Å². The number of carbonyl (C=O) groups excluding carboxylic acids is 1. The standard InChI is InChI=1S/C5H7ClO3/c6-2-1-5(8)9-4-3-7/h1-2,7H,3-4H2. The van der Waals surface area contributed by atoms with Gasteiger partial charge in [-0.2, -0.15) is 0 Å². The van der Waals surface area contributed by atoms with Gasteiger partial charge in [-0.3, -0.25) is 0 Å². The van der Waals surface area contributed by atoms with Crippen molar-refractivity contribution in [1.29, 1.82) is 0 Å². The van der Waals surface area contributed by atoms with Crippen molar-refractivity contribution in [2.75, 3.05) is 13.2 Å². The number of aliphatic hydroxyl groups is 1. The van der Waals surface area contributed by atoms with Crippen molar-refractivity contribution in [3.63, 3.8) is 0 Å². The van der Waals surface area contributed by atoms with Crippen LogP contribution in [0.15, 0.2) is 11.6 Å². The molecule has 3 nitrogen and oxygen atoms in total. The lowest BCUT2D eigenvalue weighted by molar-refractivity contribution is -0.138. The lowest BCUT2D eigenvalue weighted by atomic mass is 10.6. The Morgan fingerprint density at radius 2 is 2.44 bits per heavy atom. The molecule has 1 N–H and O–H groups in total. The Kier molecular flexibility index (Phi) is 5.26. The zero-order chi connectivity index (χ0) is 7.11. The van der Waals surface area contributed by atoms with Crippen molar-refractivity contribution in [1.82, 2.24) is 0 Å². The summed E-state index contributed by atoms with van der Waals surface area (Å²) in [4.78, 5) is 10.3. The highest BCUT2D eigenvalue weighted by Gasteiger charge is 1.92. The lowest BCUT2D eigenvalue weighted by Crippen LogP contribution is -2.04. The molecule has 0 aromatic heterocycles. The largest absolute Gasteiger partial charge is 0.460 e. The zero-order valence-corrected chi connectivity index (χ0v) is 5.47.